The SMILES string of the molecule is CC(C)CC(NC(Cc1cccs1)c1cccs1)C(=O)O. The Hall–Kier alpha value is -1.17. The lowest BCUT2D eigenvalue weighted by Gasteiger charge is -2.23. The number of carbonyl (C=O) groups is 1. The van der Waals surface area contributed by atoms with Crippen molar-refractivity contribution in [1.29, 1.82) is 0 Å². The van der Waals surface area contributed by atoms with Gasteiger partial charge in [0.05, 0.1) is 0 Å². The summed E-state index contributed by atoms with van der Waals surface area (Å²) in [7, 11) is 0. The molecule has 0 amide bonds. The van der Waals surface area contributed by atoms with Crippen molar-refractivity contribution in [2.24, 2.45) is 5.92 Å². The molecule has 0 saturated carbocycles. The van der Waals surface area contributed by atoms with Crippen LogP contribution in [0.1, 0.15) is 36.1 Å². The summed E-state index contributed by atoms with van der Waals surface area (Å²) in [6, 6.07) is 7.78. The highest BCUT2D eigenvalue weighted by atomic mass is 32.1. The Morgan fingerprint density at radius 3 is 2.48 bits per heavy atom. The van der Waals surface area contributed by atoms with Gasteiger partial charge in [0.15, 0.2) is 0 Å². The van der Waals surface area contributed by atoms with Gasteiger partial charge in [0.1, 0.15) is 6.04 Å². The van der Waals surface area contributed by atoms with Gasteiger partial charge in [0, 0.05) is 22.2 Å². The average Bonchev–Trinajstić information content (AvgIpc) is 3.09. The first-order valence-electron chi connectivity index (χ1n) is 7.11. The molecule has 0 aliphatic heterocycles. The van der Waals surface area contributed by atoms with E-state index >= 15 is 0 Å². The van der Waals surface area contributed by atoms with Gasteiger partial charge in [-0.3, -0.25) is 10.1 Å². The summed E-state index contributed by atoms with van der Waals surface area (Å²) in [5.74, 6) is -0.416. The van der Waals surface area contributed by atoms with Crippen LogP contribution in [-0.4, -0.2) is 17.1 Å². The van der Waals surface area contributed by atoms with Gasteiger partial charge < -0.3 is 5.11 Å². The van der Waals surface area contributed by atoms with Crippen LogP contribution >= 0.6 is 22.7 Å². The van der Waals surface area contributed by atoms with E-state index in [1.165, 1.54) is 9.75 Å². The van der Waals surface area contributed by atoms with Crippen LogP contribution in [-0.2, 0) is 11.2 Å². The number of carboxylic acids is 1. The normalized spacial score (nSPS) is 14.2. The summed E-state index contributed by atoms with van der Waals surface area (Å²) >= 11 is 3.39. The molecule has 21 heavy (non-hydrogen) atoms. The summed E-state index contributed by atoms with van der Waals surface area (Å²) in [4.78, 5) is 14.0. The van der Waals surface area contributed by atoms with E-state index in [0.29, 0.717) is 12.3 Å². The van der Waals surface area contributed by atoms with Crippen LogP contribution in [0, 0.1) is 5.92 Å². The van der Waals surface area contributed by atoms with Crippen molar-refractivity contribution in [3.8, 4) is 0 Å². The van der Waals surface area contributed by atoms with E-state index in [-0.39, 0.29) is 6.04 Å². The van der Waals surface area contributed by atoms with E-state index in [9.17, 15) is 9.90 Å². The molecule has 0 aliphatic rings. The molecule has 2 heterocycles. The van der Waals surface area contributed by atoms with E-state index in [4.69, 9.17) is 0 Å². The number of thiophene rings is 2. The fourth-order valence-electron chi connectivity index (χ4n) is 2.32. The molecule has 0 saturated heterocycles. The van der Waals surface area contributed by atoms with E-state index in [2.05, 4.69) is 36.7 Å². The monoisotopic (exact) mass is 323 g/mol. The van der Waals surface area contributed by atoms with Gasteiger partial charge in [-0.05, 0) is 35.2 Å². The smallest absolute Gasteiger partial charge is 0.320 e. The largest absolute Gasteiger partial charge is 0.480 e. The second-order valence-corrected chi connectivity index (χ2v) is 7.55. The van der Waals surface area contributed by atoms with Crippen LogP contribution in [0.2, 0.25) is 0 Å². The van der Waals surface area contributed by atoms with Gasteiger partial charge in [0.25, 0.3) is 0 Å². The Balaban J connectivity index is 2.13. The Kier molecular flexibility index (Phi) is 5.96. The van der Waals surface area contributed by atoms with Gasteiger partial charge in [0.2, 0.25) is 0 Å². The van der Waals surface area contributed by atoms with Crippen LogP contribution in [0.5, 0.6) is 0 Å². The maximum absolute atomic E-state index is 11.5. The third-order valence-electron chi connectivity index (χ3n) is 3.28. The summed E-state index contributed by atoms with van der Waals surface area (Å²) in [6.07, 6.45) is 1.47. The number of aliphatic carboxylic acids is 1. The van der Waals surface area contributed by atoms with Crippen LogP contribution < -0.4 is 5.32 Å². The molecule has 2 rings (SSSR count). The number of hydrogen-bond donors (Lipinski definition) is 2. The maximum Gasteiger partial charge on any atom is 0.320 e. The minimum atomic E-state index is -0.767. The third-order valence-corrected chi connectivity index (χ3v) is 5.16. The number of nitrogens with one attached hydrogen (secondary N) is 1. The fourth-order valence-corrected chi connectivity index (χ4v) is 3.85. The molecule has 0 aliphatic carbocycles. The van der Waals surface area contributed by atoms with Crippen LogP contribution in [0.3, 0.4) is 0 Å². The topological polar surface area (TPSA) is 49.3 Å². The highest BCUT2D eigenvalue weighted by Crippen LogP contribution is 2.26. The van der Waals surface area contributed by atoms with Gasteiger partial charge >= 0.3 is 5.97 Å². The van der Waals surface area contributed by atoms with Crippen LogP contribution in [0.25, 0.3) is 0 Å². The molecule has 5 heteroatoms. The first kappa shape index (κ1) is 16.2. The van der Waals surface area contributed by atoms with Crippen LogP contribution in [0.15, 0.2) is 35.0 Å². The predicted molar refractivity (Wildman–Crippen MR) is 89.1 cm³/mol. The molecular weight excluding hydrogens is 302 g/mol. The highest BCUT2D eigenvalue weighted by Gasteiger charge is 2.24. The number of carboxylic acid groups (broad SMARTS) is 1. The Bertz CT molecular complexity index is 535. The first-order chi connectivity index (χ1) is 10.1. The van der Waals surface area contributed by atoms with Gasteiger partial charge in [-0.25, -0.2) is 0 Å². The molecule has 2 atom stereocenters. The third kappa shape index (κ3) is 4.95. The average molecular weight is 323 g/mol. The molecule has 0 spiro atoms. The molecule has 2 unspecified atom stereocenters. The summed E-state index contributed by atoms with van der Waals surface area (Å²) in [5.41, 5.74) is 0. The predicted octanol–water partition coefficient (Wildman–Crippen LogP) is 4.18. The highest BCUT2D eigenvalue weighted by molar-refractivity contribution is 7.10. The van der Waals surface area contributed by atoms with E-state index in [1.54, 1.807) is 22.7 Å². The second kappa shape index (κ2) is 7.73. The molecular formula is C16H21NO2S2. The van der Waals surface area contributed by atoms with Crippen molar-refractivity contribution in [3.63, 3.8) is 0 Å². The lowest BCUT2D eigenvalue weighted by molar-refractivity contribution is -0.140. The molecule has 3 nitrogen and oxygen atoms in total. The Morgan fingerprint density at radius 2 is 1.95 bits per heavy atom. The Labute approximate surface area is 133 Å². The standard InChI is InChI=1S/C16H21NO2S2/c1-11(2)9-14(16(18)19)17-13(15-6-4-8-21-15)10-12-5-3-7-20-12/h3-8,11,13-14,17H,9-10H2,1-2H3,(H,18,19). The lowest BCUT2D eigenvalue weighted by Crippen LogP contribution is -2.40. The maximum atomic E-state index is 11.5. The van der Waals surface area contributed by atoms with E-state index in [0.717, 1.165) is 6.42 Å². The summed E-state index contributed by atoms with van der Waals surface area (Å²) in [5, 5.41) is 16.9. The molecule has 0 fully saturated rings. The van der Waals surface area contributed by atoms with Crippen molar-refractivity contribution in [1.82, 2.24) is 5.32 Å². The van der Waals surface area contributed by atoms with Crippen molar-refractivity contribution < 1.29 is 9.90 Å². The van der Waals surface area contributed by atoms with E-state index < -0.39 is 12.0 Å². The number of rotatable bonds is 8. The fraction of sp³-hybridized carbons (Fsp3) is 0.438. The number of hydrogen-bond acceptors (Lipinski definition) is 4. The van der Waals surface area contributed by atoms with Crippen molar-refractivity contribution in [2.75, 3.05) is 0 Å². The molecule has 0 aromatic carbocycles. The zero-order valence-corrected chi connectivity index (χ0v) is 13.9. The van der Waals surface area contributed by atoms with Gasteiger partial charge in [-0.15, -0.1) is 22.7 Å². The molecule has 0 bridgehead atoms. The van der Waals surface area contributed by atoms with Crippen molar-refractivity contribution in [3.05, 3.63) is 44.8 Å². The van der Waals surface area contributed by atoms with Crippen LogP contribution in [0.4, 0.5) is 0 Å². The molecule has 2 N–H and O–H groups in total. The zero-order chi connectivity index (χ0) is 15.2. The van der Waals surface area contributed by atoms with Gasteiger partial charge in [-0.1, -0.05) is 26.0 Å². The van der Waals surface area contributed by atoms with Crippen molar-refractivity contribution in [2.45, 2.75) is 38.8 Å². The Morgan fingerprint density at radius 1 is 1.24 bits per heavy atom. The molecule has 2 aromatic heterocycles. The zero-order valence-electron chi connectivity index (χ0n) is 12.3. The van der Waals surface area contributed by atoms with Gasteiger partial charge in [-0.2, -0.15) is 0 Å². The quantitative estimate of drug-likeness (QED) is 0.766. The summed E-state index contributed by atoms with van der Waals surface area (Å²) in [6.45, 7) is 4.11. The lowest BCUT2D eigenvalue weighted by atomic mass is 10.0. The van der Waals surface area contributed by atoms with E-state index in [1.807, 2.05) is 17.5 Å². The second-order valence-electron chi connectivity index (χ2n) is 5.54. The minimum absolute atomic E-state index is 0.0588. The summed E-state index contributed by atoms with van der Waals surface area (Å²) < 4.78 is 0. The molecule has 2 aromatic rings. The molecule has 0 radical (unpaired) electrons. The minimum Gasteiger partial charge on any atom is -0.480 e. The molecule has 114 valence electrons. The van der Waals surface area contributed by atoms with Crippen molar-refractivity contribution >= 4 is 28.6 Å². The first-order valence-corrected chi connectivity index (χ1v) is 8.87.